The number of rotatable bonds is 4. The highest BCUT2D eigenvalue weighted by atomic mass is 35.5. The zero-order valence-electron chi connectivity index (χ0n) is 7.88. The highest BCUT2D eigenvalue weighted by Crippen LogP contribution is 2.23. The second kappa shape index (κ2) is 5.45. The molecule has 1 amide bonds. The standard InChI is InChI=1S/C9H16ClNO2/c1-2-8-7(3-6-13-8)9(12)11-5-4-10/h7-8H,2-6H2,1H3,(H,11,12). The minimum absolute atomic E-state index is 0.0354. The van der Waals surface area contributed by atoms with Crippen molar-refractivity contribution in [1.82, 2.24) is 5.32 Å². The summed E-state index contributed by atoms with van der Waals surface area (Å²) < 4.78 is 5.42. The lowest BCUT2D eigenvalue weighted by atomic mass is 9.99. The molecule has 0 aromatic heterocycles. The van der Waals surface area contributed by atoms with Gasteiger partial charge in [-0.05, 0) is 12.8 Å². The lowest BCUT2D eigenvalue weighted by Crippen LogP contribution is -2.35. The highest BCUT2D eigenvalue weighted by Gasteiger charge is 2.32. The van der Waals surface area contributed by atoms with Crippen molar-refractivity contribution in [2.75, 3.05) is 19.0 Å². The van der Waals surface area contributed by atoms with Gasteiger partial charge in [-0.15, -0.1) is 11.6 Å². The first-order valence-electron chi connectivity index (χ1n) is 4.74. The van der Waals surface area contributed by atoms with E-state index in [0.29, 0.717) is 19.0 Å². The summed E-state index contributed by atoms with van der Waals surface area (Å²) >= 11 is 5.48. The van der Waals surface area contributed by atoms with Gasteiger partial charge < -0.3 is 10.1 Å². The van der Waals surface area contributed by atoms with E-state index in [4.69, 9.17) is 16.3 Å². The monoisotopic (exact) mass is 205 g/mol. The molecule has 1 saturated heterocycles. The summed E-state index contributed by atoms with van der Waals surface area (Å²) in [6.07, 6.45) is 1.85. The third-order valence-electron chi connectivity index (χ3n) is 2.34. The maximum absolute atomic E-state index is 11.5. The summed E-state index contributed by atoms with van der Waals surface area (Å²) in [5, 5.41) is 2.79. The predicted octanol–water partition coefficient (Wildman–Crippen LogP) is 1.16. The van der Waals surface area contributed by atoms with Gasteiger partial charge in [-0.25, -0.2) is 0 Å². The van der Waals surface area contributed by atoms with E-state index in [-0.39, 0.29) is 17.9 Å². The largest absolute Gasteiger partial charge is 0.377 e. The smallest absolute Gasteiger partial charge is 0.225 e. The SMILES string of the molecule is CCC1OCCC1C(=O)NCCCl. The number of amides is 1. The normalized spacial score (nSPS) is 27.5. The fraction of sp³-hybridized carbons (Fsp3) is 0.889. The molecule has 0 bridgehead atoms. The Kier molecular flexibility index (Phi) is 4.53. The van der Waals surface area contributed by atoms with Crippen LogP contribution < -0.4 is 5.32 Å². The molecular weight excluding hydrogens is 190 g/mol. The Balaban J connectivity index is 2.36. The first kappa shape index (κ1) is 10.8. The van der Waals surface area contributed by atoms with Crippen molar-refractivity contribution in [2.24, 2.45) is 5.92 Å². The number of halogens is 1. The Morgan fingerprint density at radius 1 is 1.69 bits per heavy atom. The summed E-state index contributed by atoms with van der Waals surface area (Å²) in [7, 11) is 0. The third-order valence-corrected chi connectivity index (χ3v) is 2.53. The maximum Gasteiger partial charge on any atom is 0.225 e. The third kappa shape index (κ3) is 2.85. The van der Waals surface area contributed by atoms with Gasteiger partial charge in [0.15, 0.2) is 0 Å². The van der Waals surface area contributed by atoms with Gasteiger partial charge >= 0.3 is 0 Å². The summed E-state index contributed by atoms with van der Waals surface area (Å²) in [6, 6.07) is 0. The molecule has 1 aliphatic rings. The lowest BCUT2D eigenvalue weighted by Gasteiger charge is -2.15. The molecular formula is C9H16ClNO2. The molecule has 2 atom stereocenters. The molecule has 1 heterocycles. The Morgan fingerprint density at radius 3 is 3.08 bits per heavy atom. The second-order valence-corrected chi connectivity index (χ2v) is 3.57. The van der Waals surface area contributed by atoms with E-state index < -0.39 is 0 Å². The van der Waals surface area contributed by atoms with Crippen molar-refractivity contribution in [2.45, 2.75) is 25.9 Å². The number of carbonyl (C=O) groups is 1. The number of nitrogens with one attached hydrogen (secondary N) is 1. The van der Waals surface area contributed by atoms with Gasteiger partial charge in [0.05, 0.1) is 12.0 Å². The Bertz CT molecular complexity index is 175. The summed E-state index contributed by atoms with van der Waals surface area (Å²) in [6.45, 7) is 3.29. The summed E-state index contributed by atoms with van der Waals surface area (Å²) in [4.78, 5) is 11.5. The minimum Gasteiger partial charge on any atom is -0.377 e. The first-order valence-corrected chi connectivity index (χ1v) is 5.28. The van der Waals surface area contributed by atoms with Gasteiger partial charge in [-0.3, -0.25) is 4.79 Å². The Labute approximate surface area is 83.8 Å². The van der Waals surface area contributed by atoms with Gasteiger partial charge in [-0.2, -0.15) is 0 Å². The number of hydrogen-bond donors (Lipinski definition) is 1. The van der Waals surface area contributed by atoms with E-state index >= 15 is 0 Å². The van der Waals surface area contributed by atoms with Crippen LogP contribution in [0.4, 0.5) is 0 Å². The Hall–Kier alpha value is -0.280. The van der Waals surface area contributed by atoms with Crippen LogP contribution in [0.2, 0.25) is 0 Å². The molecule has 2 unspecified atom stereocenters. The maximum atomic E-state index is 11.5. The van der Waals surface area contributed by atoms with E-state index in [0.717, 1.165) is 12.8 Å². The number of hydrogen-bond acceptors (Lipinski definition) is 2. The molecule has 0 saturated carbocycles. The molecule has 0 spiro atoms. The Morgan fingerprint density at radius 2 is 2.46 bits per heavy atom. The van der Waals surface area contributed by atoms with E-state index in [1.807, 2.05) is 6.92 Å². The van der Waals surface area contributed by atoms with Gasteiger partial charge in [0.2, 0.25) is 5.91 Å². The summed E-state index contributed by atoms with van der Waals surface area (Å²) in [5.74, 6) is 0.592. The van der Waals surface area contributed by atoms with Gasteiger partial charge in [0.1, 0.15) is 0 Å². The fourth-order valence-corrected chi connectivity index (χ4v) is 1.75. The van der Waals surface area contributed by atoms with Crippen molar-refractivity contribution < 1.29 is 9.53 Å². The van der Waals surface area contributed by atoms with Crippen LogP contribution in [0.1, 0.15) is 19.8 Å². The fourth-order valence-electron chi connectivity index (χ4n) is 1.65. The van der Waals surface area contributed by atoms with Crippen LogP contribution in [0.5, 0.6) is 0 Å². The molecule has 0 aromatic carbocycles. The topological polar surface area (TPSA) is 38.3 Å². The zero-order valence-corrected chi connectivity index (χ0v) is 8.64. The van der Waals surface area contributed by atoms with Gasteiger partial charge in [-0.1, -0.05) is 6.92 Å². The molecule has 4 heteroatoms. The molecule has 76 valence electrons. The molecule has 0 aliphatic carbocycles. The van der Waals surface area contributed by atoms with E-state index in [2.05, 4.69) is 5.32 Å². The van der Waals surface area contributed by atoms with Crippen molar-refractivity contribution in [1.29, 1.82) is 0 Å². The van der Waals surface area contributed by atoms with E-state index in [1.165, 1.54) is 0 Å². The summed E-state index contributed by atoms with van der Waals surface area (Å²) in [5.41, 5.74) is 0. The van der Waals surface area contributed by atoms with Crippen LogP contribution >= 0.6 is 11.6 Å². The number of carbonyl (C=O) groups excluding carboxylic acids is 1. The second-order valence-electron chi connectivity index (χ2n) is 3.19. The first-order chi connectivity index (χ1) is 6.29. The lowest BCUT2D eigenvalue weighted by molar-refractivity contribution is -0.126. The predicted molar refractivity (Wildman–Crippen MR) is 51.9 cm³/mol. The van der Waals surface area contributed by atoms with E-state index in [9.17, 15) is 4.79 Å². The van der Waals surface area contributed by atoms with E-state index in [1.54, 1.807) is 0 Å². The van der Waals surface area contributed by atoms with Crippen LogP contribution in [0.25, 0.3) is 0 Å². The molecule has 0 aromatic rings. The van der Waals surface area contributed by atoms with Crippen molar-refractivity contribution in [3.05, 3.63) is 0 Å². The number of alkyl halides is 1. The zero-order chi connectivity index (χ0) is 9.68. The molecule has 1 rings (SSSR count). The molecule has 1 aliphatic heterocycles. The molecule has 1 fully saturated rings. The average Bonchev–Trinajstić information content (AvgIpc) is 2.61. The number of ether oxygens (including phenoxy) is 1. The average molecular weight is 206 g/mol. The van der Waals surface area contributed by atoms with Crippen molar-refractivity contribution in [3.8, 4) is 0 Å². The van der Waals surface area contributed by atoms with Crippen LogP contribution in [0, 0.1) is 5.92 Å². The van der Waals surface area contributed by atoms with Crippen LogP contribution in [0.3, 0.4) is 0 Å². The van der Waals surface area contributed by atoms with Gasteiger partial charge in [0, 0.05) is 19.0 Å². The molecule has 13 heavy (non-hydrogen) atoms. The quantitative estimate of drug-likeness (QED) is 0.700. The molecule has 0 radical (unpaired) electrons. The molecule has 3 nitrogen and oxygen atoms in total. The van der Waals surface area contributed by atoms with Crippen LogP contribution in [-0.4, -0.2) is 31.0 Å². The molecule has 1 N–H and O–H groups in total. The van der Waals surface area contributed by atoms with Crippen LogP contribution in [-0.2, 0) is 9.53 Å². The minimum atomic E-state index is 0.0354. The van der Waals surface area contributed by atoms with Gasteiger partial charge in [0.25, 0.3) is 0 Å². The van der Waals surface area contributed by atoms with Crippen molar-refractivity contribution in [3.63, 3.8) is 0 Å². The van der Waals surface area contributed by atoms with Crippen LogP contribution in [0.15, 0.2) is 0 Å². The van der Waals surface area contributed by atoms with Crippen molar-refractivity contribution >= 4 is 17.5 Å². The highest BCUT2D eigenvalue weighted by molar-refractivity contribution is 6.18.